The van der Waals surface area contributed by atoms with Crippen molar-refractivity contribution in [1.82, 2.24) is 0 Å². The van der Waals surface area contributed by atoms with Crippen molar-refractivity contribution >= 4 is 0 Å². The van der Waals surface area contributed by atoms with Crippen LogP contribution in [0, 0.1) is 0 Å². The molecule has 0 unspecified atom stereocenters. The predicted octanol–water partition coefficient (Wildman–Crippen LogP) is 4.87. The van der Waals surface area contributed by atoms with Crippen LogP contribution in [0.3, 0.4) is 0 Å². The summed E-state index contributed by atoms with van der Waals surface area (Å²) >= 11 is 0. The van der Waals surface area contributed by atoms with E-state index in [4.69, 9.17) is 0 Å². The summed E-state index contributed by atoms with van der Waals surface area (Å²) in [5.41, 5.74) is 1.64. The molecule has 0 radical (unpaired) electrons. The highest BCUT2D eigenvalue weighted by Crippen LogP contribution is 2.14. The molecule has 0 atom stereocenters. The van der Waals surface area contributed by atoms with Gasteiger partial charge in [0.15, 0.2) is 0 Å². The first kappa shape index (κ1) is 12.5. The van der Waals surface area contributed by atoms with Crippen LogP contribution in [-0.2, 0) is 0 Å². The Hall–Kier alpha value is -0.520. The Morgan fingerprint density at radius 1 is 1.08 bits per heavy atom. The average Bonchev–Trinajstić information content (AvgIpc) is 2.14. The minimum absolute atomic E-state index is 1.14. The molecule has 0 spiro atoms. The van der Waals surface area contributed by atoms with Crippen LogP contribution in [-0.4, -0.2) is 0 Å². The average molecular weight is 180 g/mol. The Balaban J connectivity index is 3.75. The normalized spacial score (nSPS) is 11.7. The van der Waals surface area contributed by atoms with Crippen LogP contribution in [0.25, 0.3) is 0 Å². The fraction of sp³-hybridized carbons (Fsp3) is 0.692. The summed E-state index contributed by atoms with van der Waals surface area (Å²) in [7, 11) is 0. The van der Waals surface area contributed by atoms with E-state index in [1.165, 1.54) is 38.5 Å². The first-order valence-corrected chi connectivity index (χ1v) is 5.63. The molecule has 0 heteroatoms. The Kier molecular flexibility index (Phi) is 9.18. The largest absolute Gasteiger partial charge is 0.103 e. The fourth-order valence-corrected chi connectivity index (χ4v) is 1.45. The van der Waals surface area contributed by atoms with Gasteiger partial charge in [0.25, 0.3) is 0 Å². The van der Waals surface area contributed by atoms with E-state index in [9.17, 15) is 0 Å². The molecule has 0 aromatic rings. The van der Waals surface area contributed by atoms with Crippen molar-refractivity contribution in [2.75, 3.05) is 0 Å². The SMILES string of the molecule is C=CCCC(=CCCCC)CCC. The standard InChI is InChI=1S/C13H24/c1-4-7-9-12-13(10-6-3)11-8-5-2/h5,12H,2,4,6-11H2,1,3H3. The molecule has 0 bridgehead atoms. The number of unbranched alkanes of at least 4 members (excludes halogenated alkanes) is 2. The number of rotatable bonds is 8. The van der Waals surface area contributed by atoms with Gasteiger partial charge in [0, 0.05) is 0 Å². The Labute approximate surface area is 83.7 Å². The van der Waals surface area contributed by atoms with Crippen LogP contribution < -0.4 is 0 Å². The minimum atomic E-state index is 1.14. The lowest BCUT2D eigenvalue weighted by Crippen LogP contribution is -1.83. The Bertz CT molecular complexity index is 142. The maximum Gasteiger partial charge on any atom is -0.0286 e. The molecule has 0 N–H and O–H groups in total. The van der Waals surface area contributed by atoms with E-state index in [0.29, 0.717) is 0 Å². The molecule has 0 fully saturated rings. The van der Waals surface area contributed by atoms with Crippen LogP contribution in [0.2, 0.25) is 0 Å². The molecule has 0 aliphatic carbocycles. The van der Waals surface area contributed by atoms with Crippen LogP contribution in [0.4, 0.5) is 0 Å². The highest BCUT2D eigenvalue weighted by atomic mass is 14.0. The van der Waals surface area contributed by atoms with E-state index in [1.54, 1.807) is 5.57 Å². The number of hydrogen-bond donors (Lipinski definition) is 0. The van der Waals surface area contributed by atoms with Crippen LogP contribution in [0.1, 0.15) is 58.8 Å². The second-order valence-corrected chi connectivity index (χ2v) is 3.58. The molecular formula is C13H24. The van der Waals surface area contributed by atoms with Gasteiger partial charge in [-0.15, -0.1) is 6.58 Å². The molecule has 13 heavy (non-hydrogen) atoms. The number of allylic oxidation sites excluding steroid dienone is 3. The molecule has 0 amide bonds. The summed E-state index contributed by atoms with van der Waals surface area (Å²) < 4.78 is 0. The minimum Gasteiger partial charge on any atom is -0.103 e. The molecule has 0 heterocycles. The summed E-state index contributed by atoms with van der Waals surface area (Å²) in [6, 6.07) is 0. The third-order valence-electron chi connectivity index (χ3n) is 2.23. The van der Waals surface area contributed by atoms with Gasteiger partial charge in [-0.2, -0.15) is 0 Å². The van der Waals surface area contributed by atoms with Gasteiger partial charge >= 0.3 is 0 Å². The first-order chi connectivity index (χ1) is 6.35. The van der Waals surface area contributed by atoms with Crippen molar-refractivity contribution in [3.05, 3.63) is 24.3 Å². The van der Waals surface area contributed by atoms with Crippen LogP contribution >= 0.6 is 0 Å². The van der Waals surface area contributed by atoms with E-state index < -0.39 is 0 Å². The lowest BCUT2D eigenvalue weighted by atomic mass is 10.0. The molecule has 0 aliphatic heterocycles. The van der Waals surface area contributed by atoms with Crippen molar-refractivity contribution in [3.63, 3.8) is 0 Å². The maximum atomic E-state index is 3.76. The zero-order valence-corrected chi connectivity index (χ0v) is 9.31. The summed E-state index contributed by atoms with van der Waals surface area (Å²) in [5.74, 6) is 0. The molecule has 0 aromatic heterocycles. The summed E-state index contributed by atoms with van der Waals surface area (Å²) in [4.78, 5) is 0. The van der Waals surface area contributed by atoms with Gasteiger partial charge in [0.2, 0.25) is 0 Å². The molecule has 0 aliphatic rings. The Morgan fingerprint density at radius 2 is 1.85 bits per heavy atom. The Morgan fingerprint density at radius 3 is 2.38 bits per heavy atom. The second-order valence-electron chi connectivity index (χ2n) is 3.58. The third-order valence-corrected chi connectivity index (χ3v) is 2.23. The van der Waals surface area contributed by atoms with E-state index in [-0.39, 0.29) is 0 Å². The van der Waals surface area contributed by atoms with Crippen molar-refractivity contribution in [2.45, 2.75) is 58.8 Å². The summed E-state index contributed by atoms with van der Waals surface area (Å²) in [6.45, 7) is 8.26. The lowest BCUT2D eigenvalue weighted by Gasteiger charge is -2.03. The molecule has 0 nitrogen and oxygen atoms in total. The first-order valence-electron chi connectivity index (χ1n) is 5.63. The molecule has 0 aromatic carbocycles. The monoisotopic (exact) mass is 180 g/mol. The molecule has 0 saturated heterocycles. The zero-order chi connectivity index (χ0) is 9.94. The highest BCUT2D eigenvalue weighted by molar-refractivity contribution is 5.02. The van der Waals surface area contributed by atoms with Gasteiger partial charge in [0.1, 0.15) is 0 Å². The quantitative estimate of drug-likeness (QED) is 0.369. The summed E-state index contributed by atoms with van der Waals surface area (Å²) in [6.07, 6.45) is 13.3. The van der Waals surface area contributed by atoms with Crippen molar-refractivity contribution in [3.8, 4) is 0 Å². The molecule has 76 valence electrons. The summed E-state index contributed by atoms with van der Waals surface area (Å²) in [5, 5.41) is 0. The van der Waals surface area contributed by atoms with Crippen LogP contribution in [0.5, 0.6) is 0 Å². The fourth-order valence-electron chi connectivity index (χ4n) is 1.45. The van der Waals surface area contributed by atoms with Crippen molar-refractivity contribution in [2.24, 2.45) is 0 Å². The zero-order valence-electron chi connectivity index (χ0n) is 9.31. The number of hydrogen-bond acceptors (Lipinski definition) is 0. The van der Waals surface area contributed by atoms with Gasteiger partial charge in [0.05, 0.1) is 0 Å². The third kappa shape index (κ3) is 7.83. The predicted molar refractivity (Wildman–Crippen MR) is 61.9 cm³/mol. The van der Waals surface area contributed by atoms with Gasteiger partial charge in [-0.3, -0.25) is 0 Å². The van der Waals surface area contributed by atoms with E-state index in [2.05, 4.69) is 26.5 Å². The van der Waals surface area contributed by atoms with Gasteiger partial charge < -0.3 is 0 Å². The van der Waals surface area contributed by atoms with Crippen molar-refractivity contribution < 1.29 is 0 Å². The van der Waals surface area contributed by atoms with Crippen molar-refractivity contribution in [1.29, 1.82) is 0 Å². The molecular weight excluding hydrogens is 156 g/mol. The lowest BCUT2D eigenvalue weighted by molar-refractivity contribution is 0.778. The molecule has 0 saturated carbocycles. The molecule has 0 rings (SSSR count). The van der Waals surface area contributed by atoms with Gasteiger partial charge in [-0.25, -0.2) is 0 Å². The maximum absolute atomic E-state index is 3.76. The van der Waals surface area contributed by atoms with E-state index in [0.717, 1.165) is 6.42 Å². The highest BCUT2D eigenvalue weighted by Gasteiger charge is 1.94. The second kappa shape index (κ2) is 9.57. The van der Waals surface area contributed by atoms with Gasteiger partial charge in [-0.05, 0) is 25.7 Å². The van der Waals surface area contributed by atoms with E-state index >= 15 is 0 Å². The smallest absolute Gasteiger partial charge is 0.0286 e. The van der Waals surface area contributed by atoms with Gasteiger partial charge in [-0.1, -0.05) is 50.8 Å². The van der Waals surface area contributed by atoms with Crippen LogP contribution in [0.15, 0.2) is 24.3 Å². The topological polar surface area (TPSA) is 0 Å². The van der Waals surface area contributed by atoms with E-state index in [1.807, 2.05) is 6.08 Å².